The number of hydrogen-bond donors (Lipinski definition) is 2. The van der Waals surface area contributed by atoms with Gasteiger partial charge in [0, 0.05) is 36.8 Å². The number of aryl methyl sites for hydroxylation is 1. The zero-order valence-corrected chi connectivity index (χ0v) is 18.0. The molecule has 1 unspecified atom stereocenters. The highest BCUT2D eigenvalue weighted by molar-refractivity contribution is 6.01. The second-order valence-corrected chi connectivity index (χ2v) is 8.19. The van der Waals surface area contributed by atoms with Gasteiger partial charge in [-0.3, -0.25) is 14.4 Å². The van der Waals surface area contributed by atoms with Crippen LogP contribution < -0.4 is 15.5 Å². The zero-order chi connectivity index (χ0) is 21.8. The van der Waals surface area contributed by atoms with Gasteiger partial charge in [0.25, 0.3) is 0 Å². The molecule has 1 aliphatic rings. The molecule has 2 aromatic rings. The van der Waals surface area contributed by atoms with Gasteiger partial charge in [0.15, 0.2) is 0 Å². The molecule has 2 aromatic carbocycles. The van der Waals surface area contributed by atoms with E-state index in [1.54, 1.807) is 4.90 Å². The minimum absolute atomic E-state index is 0.0257. The maximum Gasteiger partial charge on any atom is 0.227 e. The van der Waals surface area contributed by atoms with Gasteiger partial charge >= 0.3 is 0 Å². The quantitative estimate of drug-likeness (QED) is 0.768. The highest BCUT2D eigenvalue weighted by Crippen LogP contribution is 2.29. The van der Waals surface area contributed by atoms with E-state index in [1.165, 1.54) is 0 Å². The zero-order valence-electron chi connectivity index (χ0n) is 18.0. The van der Waals surface area contributed by atoms with Gasteiger partial charge in [-0.05, 0) is 48.7 Å². The van der Waals surface area contributed by atoms with Crippen LogP contribution in [0.2, 0.25) is 0 Å². The number of nitrogens with zero attached hydrogens (tertiary/aromatic N) is 1. The Kier molecular flexibility index (Phi) is 6.55. The maximum absolute atomic E-state index is 12.7. The normalized spacial score (nSPS) is 16.1. The smallest absolute Gasteiger partial charge is 0.227 e. The minimum atomic E-state index is -0.374. The second-order valence-electron chi connectivity index (χ2n) is 8.19. The van der Waals surface area contributed by atoms with Crippen LogP contribution in [-0.4, -0.2) is 24.3 Å². The Bertz CT molecular complexity index is 968. The first-order valence-electron chi connectivity index (χ1n) is 10.3. The van der Waals surface area contributed by atoms with Gasteiger partial charge in [-0.1, -0.05) is 38.1 Å². The molecule has 0 saturated carbocycles. The molecular weight excluding hydrogens is 378 g/mol. The Hall–Kier alpha value is -3.15. The molecule has 158 valence electrons. The van der Waals surface area contributed by atoms with Gasteiger partial charge in [-0.2, -0.15) is 0 Å². The summed E-state index contributed by atoms with van der Waals surface area (Å²) in [4.78, 5) is 38.8. The highest BCUT2D eigenvalue weighted by atomic mass is 16.2. The van der Waals surface area contributed by atoms with Gasteiger partial charge < -0.3 is 15.5 Å². The largest absolute Gasteiger partial charge is 0.352 e. The SMILES string of the molecule is Cc1cccc(N2CC(C(=O)NCc3cccc(NC(=O)C(C)C)c3)CC2=O)c1C. The van der Waals surface area contributed by atoms with E-state index in [2.05, 4.69) is 10.6 Å². The number of hydrogen-bond acceptors (Lipinski definition) is 3. The lowest BCUT2D eigenvalue weighted by Gasteiger charge is -2.20. The molecule has 6 nitrogen and oxygen atoms in total. The molecule has 0 bridgehead atoms. The molecule has 2 N–H and O–H groups in total. The number of rotatable bonds is 6. The molecular formula is C24H29N3O3. The lowest BCUT2D eigenvalue weighted by Crippen LogP contribution is -2.32. The Labute approximate surface area is 177 Å². The van der Waals surface area contributed by atoms with Crippen molar-refractivity contribution >= 4 is 29.1 Å². The fourth-order valence-corrected chi connectivity index (χ4v) is 3.52. The number of anilines is 2. The van der Waals surface area contributed by atoms with E-state index in [0.29, 0.717) is 18.8 Å². The molecule has 1 fully saturated rings. The van der Waals surface area contributed by atoms with Crippen molar-refractivity contribution < 1.29 is 14.4 Å². The fraction of sp³-hybridized carbons (Fsp3) is 0.375. The van der Waals surface area contributed by atoms with Crippen molar-refractivity contribution in [3.63, 3.8) is 0 Å². The van der Waals surface area contributed by atoms with Crippen molar-refractivity contribution in [2.24, 2.45) is 11.8 Å². The molecule has 3 amide bonds. The topological polar surface area (TPSA) is 78.5 Å². The minimum Gasteiger partial charge on any atom is -0.352 e. The molecule has 6 heteroatoms. The molecule has 0 aliphatic carbocycles. The van der Waals surface area contributed by atoms with Crippen LogP contribution in [0.25, 0.3) is 0 Å². The molecule has 1 aliphatic heterocycles. The Morgan fingerprint density at radius 3 is 2.60 bits per heavy atom. The Morgan fingerprint density at radius 2 is 1.87 bits per heavy atom. The summed E-state index contributed by atoms with van der Waals surface area (Å²) >= 11 is 0. The third-order valence-corrected chi connectivity index (χ3v) is 5.55. The van der Waals surface area contributed by atoms with Gasteiger partial charge in [0.1, 0.15) is 0 Å². The third-order valence-electron chi connectivity index (χ3n) is 5.55. The van der Waals surface area contributed by atoms with Crippen molar-refractivity contribution in [2.45, 2.75) is 40.7 Å². The molecule has 0 aromatic heterocycles. The highest BCUT2D eigenvalue weighted by Gasteiger charge is 2.35. The first-order chi connectivity index (χ1) is 14.3. The summed E-state index contributed by atoms with van der Waals surface area (Å²) in [5, 5.41) is 5.79. The summed E-state index contributed by atoms with van der Waals surface area (Å²) in [7, 11) is 0. The van der Waals surface area contributed by atoms with E-state index in [4.69, 9.17) is 0 Å². The Morgan fingerprint density at radius 1 is 1.13 bits per heavy atom. The summed E-state index contributed by atoms with van der Waals surface area (Å²) in [6.07, 6.45) is 0.212. The van der Waals surface area contributed by atoms with Crippen molar-refractivity contribution in [1.82, 2.24) is 5.32 Å². The summed E-state index contributed by atoms with van der Waals surface area (Å²) in [5.74, 6) is -0.684. The monoisotopic (exact) mass is 407 g/mol. The van der Waals surface area contributed by atoms with Crippen LogP contribution in [0.15, 0.2) is 42.5 Å². The van der Waals surface area contributed by atoms with Crippen molar-refractivity contribution in [3.05, 3.63) is 59.2 Å². The van der Waals surface area contributed by atoms with Gasteiger partial charge in [-0.15, -0.1) is 0 Å². The maximum atomic E-state index is 12.7. The van der Waals surface area contributed by atoms with Crippen LogP contribution in [0.1, 0.15) is 37.0 Å². The molecule has 3 rings (SSSR count). The average Bonchev–Trinajstić information content (AvgIpc) is 3.10. The molecule has 1 heterocycles. The molecule has 1 saturated heterocycles. The van der Waals surface area contributed by atoms with Crippen molar-refractivity contribution in [2.75, 3.05) is 16.8 Å². The lowest BCUT2D eigenvalue weighted by molar-refractivity contribution is -0.126. The summed E-state index contributed by atoms with van der Waals surface area (Å²) in [6.45, 7) is 8.42. The predicted molar refractivity (Wildman–Crippen MR) is 118 cm³/mol. The molecule has 1 atom stereocenters. The van der Waals surface area contributed by atoms with E-state index < -0.39 is 0 Å². The van der Waals surface area contributed by atoms with Gasteiger partial charge in [0.05, 0.1) is 5.92 Å². The van der Waals surface area contributed by atoms with Crippen LogP contribution in [0.5, 0.6) is 0 Å². The van der Waals surface area contributed by atoms with Crippen LogP contribution in [0.3, 0.4) is 0 Å². The number of carbonyl (C=O) groups excluding carboxylic acids is 3. The summed E-state index contributed by atoms with van der Waals surface area (Å²) in [6, 6.07) is 13.3. The van der Waals surface area contributed by atoms with E-state index in [-0.39, 0.29) is 36.0 Å². The fourth-order valence-electron chi connectivity index (χ4n) is 3.52. The average molecular weight is 408 g/mol. The van der Waals surface area contributed by atoms with Crippen molar-refractivity contribution in [3.8, 4) is 0 Å². The summed E-state index contributed by atoms with van der Waals surface area (Å²) < 4.78 is 0. The molecule has 0 spiro atoms. The van der Waals surface area contributed by atoms with Crippen LogP contribution in [-0.2, 0) is 20.9 Å². The standard InChI is InChI=1S/C24H29N3O3/c1-15(2)23(29)26-20-9-6-8-18(11-20)13-25-24(30)19-12-22(28)27(14-19)21-10-5-7-16(3)17(21)4/h5-11,15,19H,12-14H2,1-4H3,(H,25,30)(H,26,29). The van der Waals surface area contributed by atoms with Crippen LogP contribution in [0, 0.1) is 25.7 Å². The molecule has 0 radical (unpaired) electrons. The first kappa shape index (κ1) is 21.6. The van der Waals surface area contributed by atoms with E-state index in [1.807, 2.05) is 70.2 Å². The van der Waals surface area contributed by atoms with Crippen molar-refractivity contribution in [1.29, 1.82) is 0 Å². The number of benzene rings is 2. The predicted octanol–water partition coefficient (Wildman–Crippen LogP) is 3.57. The number of carbonyl (C=O) groups is 3. The first-order valence-corrected chi connectivity index (χ1v) is 10.3. The number of amides is 3. The van der Waals surface area contributed by atoms with Gasteiger partial charge in [-0.25, -0.2) is 0 Å². The van der Waals surface area contributed by atoms with E-state index in [0.717, 1.165) is 22.4 Å². The van der Waals surface area contributed by atoms with Crippen LogP contribution >= 0.6 is 0 Å². The number of nitrogens with one attached hydrogen (secondary N) is 2. The molecule has 30 heavy (non-hydrogen) atoms. The van der Waals surface area contributed by atoms with Crippen LogP contribution in [0.4, 0.5) is 11.4 Å². The van der Waals surface area contributed by atoms with Gasteiger partial charge in [0.2, 0.25) is 17.7 Å². The lowest BCUT2D eigenvalue weighted by atomic mass is 10.1. The summed E-state index contributed by atoms with van der Waals surface area (Å²) in [5.41, 5.74) is 4.66. The van der Waals surface area contributed by atoms with E-state index >= 15 is 0 Å². The third kappa shape index (κ3) is 4.87. The Balaban J connectivity index is 1.60. The second kappa shape index (κ2) is 9.11. The van der Waals surface area contributed by atoms with E-state index in [9.17, 15) is 14.4 Å².